The largest absolute Gasteiger partial charge is 0.493 e. The van der Waals surface area contributed by atoms with Gasteiger partial charge in [0.1, 0.15) is 17.4 Å². The van der Waals surface area contributed by atoms with Crippen LogP contribution in [0.25, 0.3) is 10.9 Å². The topological polar surface area (TPSA) is 71.4 Å². The molecule has 0 saturated heterocycles. The zero-order chi connectivity index (χ0) is 24.9. The van der Waals surface area contributed by atoms with Crippen molar-refractivity contribution in [1.29, 1.82) is 0 Å². The Morgan fingerprint density at radius 3 is 2.63 bits per heavy atom. The van der Waals surface area contributed by atoms with E-state index >= 15 is 0 Å². The van der Waals surface area contributed by atoms with E-state index in [0.29, 0.717) is 24.9 Å². The van der Waals surface area contributed by atoms with Gasteiger partial charge in [-0.2, -0.15) is 4.98 Å². The molecule has 0 amide bonds. The molecule has 2 N–H and O–H groups in total. The Balaban J connectivity index is 1.78. The molecule has 0 aliphatic carbocycles. The van der Waals surface area contributed by atoms with Crippen LogP contribution in [0.2, 0.25) is 0 Å². The molecule has 0 spiro atoms. The average molecular weight is 470 g/mol. The number of aromatic nitrogens is 2. The number of nitrogens with zero attached hydrogens (tertiary/aromatic N) is 3. The zero-order valence-corrected chi connectivity index (χ0v) is 20.8. The van der Waals surface area contributed by atoms with Crippen molar-refractivity contribution in [3.05, 3.63) is 91.1 Å². The molecule has 3 rings (SSSR count). The van der Waals surface area contributed by atoms with Crippen molar-refractivity contribution in [3.63, 3.8) is 0 Å². The third-order valence-electron chi connectivity index (χ3n) is 5.41. The average Bonchev–Trinajstić information content (AvgIpc) is 2.87. The molecule has 6 nitrogen and oxygen atoms in total. The fraction of sp³-hybridized carbons (Fsp3) is 0.276. The second-order valence-corrected chi connectivity index (χ2v) is 8.22. The maximum Gasteiger partial charge on any atom is 0.225 e. The number of ether oxygens (including phenoxy) is 1. The summed E-state index contributed by atoms with van der Waals surface area (Å²) >= 11 is 0. The van der Waals surface area contributed by atoms with Crippen LogP contribution in [0.5, 0.6) is 5.75 Å². The molecule has 0 saturated carbocycles. The van der Waals surface area contributed by atoms with Crippen molar-refractivity contribution in [1.82, 2.24) is 9.97 Å². The lowest BCUT2D eigenvalue weighted by molar-refractivity contribution is 0.304. The number of allylic oxidation sites excluding steroid dienone is 3. The summed E-state index contributed by atoms with van der Waals surface area (Å²) in [4.78, 5) is 13.9. The van der Waals surface area contributed by atoms with Gasteiger partial charge in [-0.1, -0.05) is 48.1 Å². The lowest BCUT2D eigenvalue weighted by atomic mass is 10.2. The SMILES string of the molecule is C=CCCCCOc1ccccc1CNc1nc(NC(/C=C(\C)CC=C)=NC)c2ccccc2n1. The van der Waals surface area contributed by atoms with Gasteiger partial charge in [0.15, 0.2) is 0 Å². The van der Waals surface area contributed by atoms with Gasteiger partial charge in [0.25, 0.3) is 0 Å². The summed E-state index contributed by atoms with van der Waals surface area (Å²) in [5.74, 6) is 2.85. The van der Waals surface area contributed by atoms with Crippen LogP contribution in [0.15, 0.2) is 90.5 Å². The molecule has 1 aromatic heterocycles. The number of unbranched alkanes of at least 4 members (excludes halogenated alkanes) is 2. The number of benzene rings is 2. The molecule has 0 fully saturated rings. The first-order valence-electron chi connectivity index (χ1n) is 12.0. The number of anilines is 2. The number of hydrogen-bond donors (Lipinski definition) is 2. The van der Waals surface area contributed by atoms with Crippen molar-refractivity contribution >= 4 is 28.5 Å². The van der Waals surface area contributed by atoms with E-state index in [1.54, 1.807) is 7.05 Å². The summed E-state index contributed by atoms with van der Waals surface area (Å²) in [5, 5.41) is 7.67. The highest BCUT2D eigenvalue weighted by atomic mass is 16.5. The van der Waals surface area contributed by atoms with Gasteiger partial charge in [-0.15, -0.1) is 13.2 Å². The second-order valence-electron chi connectivity index (χ2n) is 8.22. The maximum atomic E-state index is 6.03. The van der Waals surface area contributed by atoms with Crippen LogP contribution in [0.1, 0.15) is 38.2 Å². The molecule has 182 valence electrons. The van der Waals surface area contributed by atoms with E-state index in [9.17, 15) is 0 Å². The van der Waals surface area contributed by atoms with E-state index in [2.05, 4.69) is 41.8 Å². The van der Waals surface area contributed by atoms with Crippen LogP contribution in [-0.2, 0) is 6.54 Å². The smallest absolute Gasteiger partial charge is 0.225 e. The first-order valence-corrected chi connectivity index (χ1v) is 12.0. The van der Waals surface area contributed by atoms with Crippen LogP contribution < -0.4 is 15.4 Å². The van der Waals surface area contributed by atoms with E-state index in [-0.39, 0.29) is 0 Å². The number of para-hydroxylation sites is 2. The van der Waals surface area contributed by atoms with Gasteiger partial charge in [0.2, 0.25) is 5.95 Å². The minimum atomic E-state index is 0.536. The van der Waals surface area contributed by atoms with Crippen molar-refractivity contribution in [2.45, 2.75) is 39.2 Å². The van der Waals surface area contributed by atoms with Crippen molar-refractivity contribution in [2.24, 2.45) is 4.99 Å². The number of fused-ring (bicyclic) bond motifs is 1. The number of hydrogen-bond acceptors (Lipinski definition) is 5. The lowest BCUT2D eigenvalue weighted by Crippen LogP contribution is -2.13. The molecule has 0 bridgehead atoms. The third kappa shape index (κ3) is 7.81. The normalized spacial score (nSPS) is 11.8. The highest BCUT2D eigenvalue weighted by molar-refractivity contribution is 6.07. The van der Waals surface area contributed by atoms with E-state index in [1.165, 1.54) is 0 Å². The summed E-state index contributed by atoms with van der Waals surface area (Å²) in [6, 6.07) is 16.0. The van der Waals surface area contributed by atoms with E-state index in [0.717, 1.165) is 59.3 Å². The summed E-state index contributed by atoms with van der Waals surface area (Å²) < 4.78 is 6.03. The number of rotatable bonds is 13. The third-order valence-corrected chi connectivity index (χ3v) is 5.41. The summed E-state index contributed by atoms with van der Waals surface area (Å²) in [6.07, 6.45) is 9.72. The predicted molar refractivity (Wildman–Crippen MR) is 148 cm³/mol. The monoisotopic (exact) mass is 469 g/mol. The van der Waals surface area contributed by atoms with Crippen LogP contribution in [0.4, 0.5) is 11.8 Å². The molecule has 0 unspecified atom stereocenters. The molecule has 6 heteroatoms. The van der Waals surface area contributed by atoms with Crippen molar-refractivity contribution in [2.75, 3.05) is 24.3 Å². The quantitative estimate of drug-likeness (QED) is 0.123. The minimum Gasteiger partial charge on any atom is -0.493 e. The Morgan fingerprint density at radius 2 is 1.83 bits per heavy atom. The Hall–Kier alpha value is -3.93. The fourth-order valence-electron chi connectivity index (χ4n) is 3.59. The molecule has 3 aromatic rings. The number of nitrogens with one attached hydrogen (secondary N) is 2. The van der Waals surface area contributed by atoms with Crippen molar-refractivity contribution in [3.8, 4) is 5.75 Å². The first kappa shape index (κ1) is 25.7. The molecule has 2 aromatic carbocycles. The molecule has 0 atom stereocenters. The van der Waals surface area contributed by atoms with Gasteiger partial charge in [0.05, 0.1) is 12.1 Å². The first-order chi connectivity index (χ1) is 17.1. The van der Waals surface area contributed by atoms with Crippen LogP contribution >= 0.6 is 0 Å². The standard InChI is InChI=1S/C29H35N5O/c1-5-7-8-13-19-35-26-18-12-9-15-23(26)21-31-29-32-25-17-11-10-16-24(25)28(34-29)33-27(30-4)20-22(3)14-6-2/h5-6,9-12,15-18,20H,1-2,7-8,13-14,19,21H2,3-4H3,(H2,30,31,32,33,34)/b22-20+. The fourth-order valence-corrected chi connectivity index (χ4v) is 3.59. The maximum absolute atomic E-state index is 6.03. The van der Waals surface area contributed by atoms with Crippen LogP contribution in [0.3, 0.4) is 0 Å². The highest BCUT2D eigenvalue weighted by Crippen LogP contribution is 2.24. The molecule has 35 heavy (non-hydrogen) atoms. The van der Waals surface area contributed by atoms with Gasteiger partial charge >= 0.3 is 0 Å². The number of amidine groups is 1. The molecule has 0 aliphatic heterocycles. The van der Waals surface area contributed by atoms with Gasteiger partial charge in [-0.05, 0) is 56.9 Å². The van der Waals surface area contributed by atoms with Gasteiger partial charge in [-0.3, -0.25) is 4.99 Å². The Labute approximate surface area is 208 Å². The Kier molecular flexibility index (Phi) is 10.1. The highest BCUT2D eigenvalue weighted by Gasteiger charge is 2.10. The summed E-state index contributed by atoms with van der Waals surface area (Å²) in [6.45, 7) is 10.9. The lowest BCUT2D eigenvalue weighted by Gasteiger charge is -2.14. The van der Waals surface area contributed by atoms with Gasteiger partial charge in [-0.25, -0.2) is 4.98 Å². The molecular weight excluding hydrogens is 434 g/mol. The van der Waals surface area contributed by atoms with E-state index in [1.807, 2.05) is 60.7 Å². The Morgan fingerprint density at radius 1 is 1.03 bits per heavy atom. The molecule has 1 heterocycles. The van der Waals surface area contributed by atoms with Gasteiger partial charge < -0.3 is 15.4 Å². The number of aliphatic imine (C=N–C) groups is 1. The van der Waals surface area contributed by atoms with Crippen LogP contribution in [0, 0.1) is 0 Å². The molecular formula is C29H35N5O. The molecule has 0 radical (unpaired) electrons. The summed E-state index contributed by atoms with van der Waals surface area (Å²) in [5.41, 5.74) is 3.06. The van der Waals surface area contributed by atoms with Gasteiger partial charge in [0, 0.05) is 24.5 Å². The van der Waals surface area contributed by atoms with E-state index in [4.69, 9.17) is 14.7 Å². The zero-order valence-electron chi connectivity index (χ0n) is 20.8. The summed E-state index contributed by atoms with van der Waals surface area (Å²) in [7, 11) is 1.76. The second kappa shape index (κ2) is 13.7. The predicted octanol–water partition coefficient (Wildman–Crippen LogP) is 6.94. The molecule has 0 aliphatic rings. The van der Waals surface area contributed by atoms with Crippen molar-refractivity contribution < 1.29 is 4.74 Å². The Bertz CT molecular complexity index is 1200. The minimum absolute atomic E-state index is 0.536. The van der Waals surface area contributed by atoms with Crippen LogP contribution in [-0.4, -0.2) is 29.5 Å². The van der Waals surface area contributed by atoms with E-state index < -0.39 is 0 Å².